The molecule has 0 bridgehead atoms. The molecule has 2 aromatic carbocycles. The number of aryl methyl sites for hydroxylation is 2. The van der Waals surface area contributed by atoms with Crippen molar-refractivity contribution in [2.75, 3.05) is 0 Å². The van der Waals surface area contributed by atoms with Crippen LogP contribution in [0.15, 0.2) is 41.2 Å². The Balaban J connectivity index is 2.06. The van der Waals surface area contributed by atoms with Crippen LogP contribution in [-0.4, -0.2) is 20.6 Å². The first-order valence-corrected chi connectivity index (χ1v) is 7.70. The molecular formula is C18H13F3N2O3. The number of nitrogens with zero attached hydrogens (tertiary/aromatic N) is 2. The molecule has 26 heavy (non-hydrogen) atoms. The number of hydrogen-bond donors (Lipinski definition) is 1. The summed E-state index contributed by atoms with van der Waals surface area (Å²) < 4.78 is 41.8. The molecule has 0 aliphatic rings. The molecule has 0 saturated heterocycles. The zero-order chi connectivity index (χ0) is 18.8. The second kappa shape index (κ2) is 6.99. The summed E-state index contributed by atoms with van der Waals surface area (Å²) in [4.78, 5) is 27.2. The summed E-state index contributed by atoms with van der Waals surface area (Å²) in [7, 11) is 0. The van der Waals surface area contributed by atoms with Crippen LogP contribution >= 0.6 is 0 Å². The first kappa shape index (κ1) is 17.7. The lowest BCUT2D eigenvalue weighted by Gasteiger charge is -2.14. The van der Waals surface area contributed by atoms with Gasteiger partial charge in [-0.2, -0.15) is 4.98 Å². The molecular weight excluding hydrogens is 349 g/mol. The van der Waals surface area contributed by atoms with E-state index in [1.165, 1.54) is 22.8 Å². The van der Waals surface area contributed by atoms with Gasteiger partial charge in [0.25, 0.3) is 5.56 Å². The Kier molecular flexibility index (Phi) is 4.75. The van der Waals surface area contributed by atoms with Crippen LogP contribution in [0.3, 0.4) is 0 Å². The van der Waals surface area contributed by atoms with Crippen LogP contribution in [0.25, 0.3) is 10.9 Å². The van der Waals surface area contributed by atoms with Crippen LogP contribution in [-0.2, 0) is 24.2 Å². The molecule has 0 aliphatic heterocycles. The molecule has 134 valence electrons. The number of carbonyl (C=O) groups is 1. The van der Waals surface area contributed by atoms with E-state index in [0.29, 0.717) is 0 Å². The van der Waals surface area contributed by atoms with Crippen molar-refractivity contribution in [1.29, 1.82) is 0 Å². The van der Waals surface area contributed by atoms with Crippen molar-refractivity contribution >= 4 is 16.9 Å². The zero-order valence-corrected chi connectivity index (χ0v) is 13.4. The molecule has 0 saturated carbocycles. The third-order valence-electron chi connectivity index (χ3n) is 3.96. The number of halogens is 3. The van der Waals surface area contributed by atoms with E-state index in [0.717, 1.165) is 18.2 Å². The number of hydrogen-bond acceptors (Lipinski definition) is 3. The number of carboxylic acids is 1. The highest BCUT2D eigenvalue weighted by atomic mass is 19.2. The largest absolute Gasteiger partial charge is 0.480 e. The topological polar surface area (TPSA) is 72.2 Å². The lowest BCUT2D eigenvalue weighted by atomic mass is 10.1. The lowest BCUT2D eigenvalue weighted by molar-refractivity contribution is -0.137. The van der Waals surface area contributed by atoms with E-state index in [-0.39, 0.29) is 35.1 Å². The molecule has 0 radical (unpaired) electrons. The van der Waals surface area contributed by atoms with Gasteiger partial charge in [-0.3, -0.25) is 9.59 Å². The predicted octanol–water partition coefficient (Wildman–Crippen LogP) is 2.68. The average Bonchev–Trinajstić information content (AvgIpc) is 2.59. The molecule has 0 amide bonds. The number of carboxylic acid groups (broad SMARTS) is 1. The van der Waals surface area contributed by atoms with Crippen molar-refractivity contribution in [3.63, 3.8) is 0 Å². The summed E-state index contributed by atoms with van der Waals surface area (Å²) in [5, 5.41) is 9.08. The van der Waals surface area contributed by atoms with E-state index in [2.05, 4.69) is 4.98 Å². The lowest BCUT2D eigenvalue weighted by Crippen LogP contribution is -2.22. The van der Waals surface area contributed by atoms with E-state index < -0.39 is 35.5 Å². The van der Waals surface area contributed by atoms with Crippen LogP contribution < -0.4 is 5.56 Å². The van der Waals surface area contributed by atoms with Crippen molar-refractivity contribution in [3.05, 3.63) is 75.6 Å². The number of aromatic nitrogens is 2. The van der Waals surface area contributed by atoms with Crippen LogP contribution in [0.4, 0.5) is 13.2 Å². The van der Waals surface area contributed by atoms with Crippen molar-refractivity contribution < 1.29 is 23.1 Å². The fourth-order valence-corrected chi connectivity index (χ4v) is 2.78. The molecule has 3 rings (SSSR count). The molecule has 0 aliphatic carbocycles. The monoisotopic (exact) mass is 362 g/mol. The van der Waals surface area contributed by atoms with Crippen molar-refractivity contribution in [1.82, 2.24) is 9.55 Å². The maximum absolute atomic E-state index is 13.8. The van der Waals surface area contributed by atoms with Crippen molar-refractivity contribution in [2.24, 2.45) is 0 Å². The van der Waals surface area contributed by atoms with Gasteiger partial charge in [0, 0.05) is 6.42 Å². The quantitative estimate of drug-likeness (QED) is 0.758. The fourth-order valence-electron chi connectivity index (χ4n) is 2.78. The molecule has 1 aromatic heterocycles. The van der Waals surface area contributed by atoms with Crippen molar-refractivity contribution in [2.45, 2.75) is 19.4 Å². The minimum atomic E-state index is -1.18. The van der Waals surface area contributed by atoms with Gasteiger partial charge in [0.1, 0.15) is 18.2 Å². The minimum absolute atomic E-state index is 0.0101. The Morgan fingerprint density at radius 2 is 1.88 bits per heavy atom. The Morgan fingerprint density at radius 1 is 1.12 bits per heavy atom. The highest BCUT2D eigenvalue weighted by molar-refractivity contribution is 5.80. The normalized spacial score (nSPS) is 11.0. The third-order valence-corrected chi connectivity index (χ3v) is 3.96. The highest BCUT2D eigenvalue weighted by Gasteiger charge is 2.15. The SMILES string of the molecule is O=C(O)Cn1c(CCc2cccc(F)c2F)nc(=O)c2cc(F)ccc21. The second-order valence-electron chi connectivity index (χ2n) is 5.69. The molecule has 0 atom stereocenters. The van der Waals surface area contributed by atoms with E-state index in [1.807, 2.05) is 0 Å². The Morgan fingerprint density at radius 3 is 2.62 bits per heavy atom. The fraction of sp³-hybridized carbons (Fsp3) is 0.167. The minimum Gasteiger partial charge on any atom is -0.480 e. The summed E-state index contributed by atoms with van der Waals surface area (Å²) in [5.74, 6) is -3.72. The van der Waals surface area contributed by atoms with Crippen LogP contribution in [0.1, 0.15) is 11.4 Å². The number of fused-ring (bicyclic) bond motifs is 1. The molecule has 0 fully saturated rings. The third kappa shape index (κ3) is 3.44. The summed E-state index contributed by atoms with van der Waals surface area (Å²) in [6.45, 7) is -0.504. The van der Waals surface area contributed by atoms with E-state index in [1.54, 1.807) is 0 Å². The number of benzene rings is 2. The standard InChI is InChI=1S/C18H13F3N2O3/c19-11-5-6-14-12(8-11)18(26)22-15(23(14)9-16(24)25)7-4-10-2-1-3-13(20)17(10)21/h1-3,5-6,8H,4,7,9H2,(H,24,25). The van der Waals surface area contributed by atoms with Gasteiger partial charge < -0.3 is 9.67 Å². The molecule has 8 heteroatoms. The molecule has 5 nitrogen and oxygen atoms in total. The Bertz CT molecular complexity index is 1060. The smallest absolute Gasteiger partial charge is 0.323 e. The Hall–Kier alpha value is -3.16. The van der Waals surface area contributed by atoms with Crippen LogP contribution in [0.2, 0.25) is 0 Å². The first-order valence-electron chi connectivity index (χ1n) is 7.70. The molecule has 0 spiro atoms. The van der Waals surface area contributed by atoms with Gasteiger partial charge in [-0.25, -0.2) is 13.2 Å². The van der Waals surface area contributed by atoms with E-state index in [9.17, 15) is 22.8 Å². The van der Waals surface area contributed by atoms with E-state index in [4.69, 9.17) is 5.11 Å². The average molecular weight is 362 g/mol. The maximum Gasteiger partial charge on any atom is 0.323 e. The summed E-state index contributed by atoms with van der Waals surface area (Å²) in [6.07, 6.45) is 0.0264. The molecule has 1 N–H and O–H groups in total. The van der Waals surface area contributed by atoms with Gasteiger partial charge >= 0.3 is 5.97 Å². The molecule has 1 heterocycles. The van der Waals surface area contributed by atoms with E-state index >= 15 is 0 Å². The maximum atomic E-state index is 13.8. The van der Waals surface area contributed by atoms with Crippen LogP contribution in [0, 0.1) is 17.5 Å². The first-order chi connectivity index (χ1) is 12.4. The van der Waals surface area contributed by atoms with Gasteiger partial charge in [-0.15, -0.1) is 0 Å². The zero-order valence-electron chi connectivity index (χ0n) is 13.4. The second-order valence-corrected chi connectivity index (χ2v) is 5.69. The highest BCUT2D eigenvalue weighted by Crippen LogP contribution is 2.17. The Labute approximate surface area is 145 Å². The summed E-state index contributed by atoms with van der Waals surface area (Å²) in [5.41, 5.74) is -0.417. The van der Waals surface area contributed by atoms with Gasteiger partial charge in [-0.05, 0) is 36.2 Å². The van der Waals surface area contributed by atoms with Gasteiger partial charge in [0.2, 0.25) is 0 Å². The van der Waals surface area contributed by atoms with Gasteiger partial charge in [0.15, 0.2) is 11.6 Å². The predicted molar refractivity (Wildman–Crippen MR) is 87.4 cm³/mol. The number of aliphatic carboxylic acids is 1. The molecule has 0 unspecified atom stereocenters. The number of rotatable bonds is 5. The van der Waals surface area contributed by atoms with Crippen LogP contribution in [0.5, 0.6) is 0 Å². The van der Waals surface area contributed by atoms with Gasteiger partial charge in [0.05, 0.1) is 10.9 Å². The summed E-state index contributed by atoms with van der Waals surface area (Å²) in [6, 6.07) is 7.13. The molecule has 3 aromatic rings. The van der Waals surface area contributed by atoms with Crippen molar-refractivity contribution in [3.8, 4) is 0 Å². The van der Waals surface area contributed by atoms with Gasteiger partial charge in [-0.1, -0.05) is 12.1 Å². The summed E-state index contributed by atoms with van der Waals surface area (Å²) >= 11 is 0.